The Morgan fingerprint density at radius 3 is 2.79 bits per heavy atom. The van der Waals surface area contributed by atoms with Crippen molar-refractivity contribution in [3.63, 3.8) is 0 Å². The van der Waals surface area contributed by atoms with Crippen LogP contribution in [0.25, 0.3) is 0 Å². The number of allylic oxidation sites excluding steroid dienone is 1. The number of aromatic nitrogens is 1. The minimum atomic E-state index is -1.22. The van der Waals surface area contributed by atoms with E-state index in [2.05, 4.69) is 36.0 Å². The fourth-order valence-corrected chi connectivity index (χ4v) is 9.83. The molecule has 5 fully saturated rings. The van der Waals surface area contributed by atoms with Crippen molar-refractivity contribution >= 4 is 5.97 Å². The summed E-state index contributed by atoms with van der Waals surface area (Å²) in [5.74, 6) is -1.31. The van der Waals surface area contributed by atoms with Gasteiger partial charge in [-0.3, -0.25) is 0 Å². The summed E-state index contributed by atoms with van der Waals surface area (Å²) in [6.45, 7) is 10.0. The average molecular weight is 539 g/mol. The van der Waals surface area contributed by atoms with Gasteiger partial charge in [0, 0.05) is 48.1 Å². The van der Waals surface area contributed by atoms with Crippen LogP contribution in [0.3, 0.4) is 0 Å². The minimum Gasteiger partial charge on any atom is -0.454 e. The molecule has 4 bridgehead atoms. The fraction of sp³-hybridized carbons (Fsp3) is 0.710. The van der Waals surface area contributed by atoms with E-state index in [4.69, 9.17) is 14.2 Å². The second-order valence-corrected chi connectivity index (χ2v) is 13.6. The molecule has 4 aliphatic carbocycles. The number of aromatic amines is 1. The molecular formula is C31H42N2O6. The number of likely N-dealkylation sites (N-methyl/N-ethyl adjacent to an activating group) is 1. The topological polar surface area (TPSA) is 104 Å². The largest absolute Gasteiger partial charge is 0.454 e. The number of rotatable bonds is 3. The van der Waals surface area contributed by atoms with Crippen LogP contribution in [0, 0.1) is 30.6 Å². The first-order valence-electron chi connectivity index (χ1n) is 14.6. The van der Waals surface area contributed by atoms with Gasteiger partial charge in [-0.2, -0.15) is 0 Å². The lowest BCUT2D eigenvalue weighted by molar-refractivity contribution is -0.401. The maximum atomic E-state index is 13.3. The van der Waals surface area contributed by atoms with E-state index in [1.807, 2.05) is 26.8 Å². The first kappa shape index (κ1) is 26.0. The lowest BCUT2D eigenvalue weighted by Crippen LogP contribution is -2.79. The molecular weight excluding hydrogens is 496 g/mol. The molecule has 3 aliphatic heterocycles. The number of nitrogens with one attached hydrogen (secondary N) is 1. The van der Waals surface area contributed by atoms with E-state index in [-0.39, 0.29) is 17.3 Å². The first-order chi connectivity index (χ1) is 18.4. The summed E-state index contributed by atoms with van der Waals surface area (Å²) in [5.41, 5.74) is 1.68. The van der Waals surface area contributed by atoms with Gasteiger partial charge in [0.05, 0.1) is 18.3 Å². The maximum absolute atomic E-state index is 13.3. The third kappa shape index (κ3) is 3.10. The number of esters is 1. The SMILES string of the molecule is Cc1cc(C(=O)OC(C)C2=CCC34OCCN(C)C[C@@]23C[C@@H](O)[C@]23OC5(O)CC[C@@]2(C)[C@H](CC=C43)C5)c(C)[nH]1. The van der Waals surface area contributed by atoms with Crippen molar-refractivity contribution in [2.24, 2.45) is 16.7 Å². The van der Waals surface area contributed by atoms with Gasteiger partial charge in [0.1, 0.15) is 17.3 Å². The van der Waals surface area contributed by atoms with Crippen LogP contribution in [-0.4, -0.2) is 82.0 Å². The van der Waals surface area contributed by atoms with Crippen molar-refractivity contribution in [1.29, 1.82) is 0 Å². The van der Waals surface area contributed by atoms with Gasteiger partial charge in [-0.25, -0.2) is 4.79 Å². The molecule has 39 heavy (non-hydrogen) atoms. The van der Waals surface area contributed by atoms with E-state index < -0.39 is 34.6 Å². The number of ether oxygens (including phenoxy) is 3. The fourth-order valence-electron chi connectivity index (χ4n) is 9.83. The first-order valence-corrected chi connectivity index (χ1v) is 14.6. The summed E-state index contributed by atoms with van der Waals surface area (Å²) in [6, 6.07) is 1.83. The summed E-state index contributed by atoms with van der Waals surface area (Å²) >= 11 is 0. The number of aliphatic hydroxyl groups excluding tert-OH is 1. The van der Waals surface area contributed by atoms with Crippen molar-refractivity contribution < 1.29 is 29.2 Å². The van der Waals surface area contributed by atoms with E-state index >= 15 is 0 Å². The highest BCUT2D eigenvalue weighted by Gasteiger charge is 2.79. The molecule has 3 N–H and O–H groups in total. The minimum absolute atomic E-state index is 0.252. The van der Waals surface area contributed by atoms with Gasteiger partial charge >= 0.3 is 5.97 Å². The molecule has 3 unspecified atom stereocenters. The predicted octanol–water partition coefficient (Wildman–Crippen LogP) is 3.55. The Balaban J connectivity index is 1.32. The average Bonchev–Trinajstić information content (AvgIpc) is 3.31. The second kappa shape index (κ2) is 8.07. The Hall–Kier alpha value is -1.97. The highest BCUT2D eigenvalue weighted by atomic mass is 16.7. The standard InChI is InChI=1S/C31H42N2O6/c1-18-14-22(19(2)32-18)26(35)38-20(3)23-8-9-30-24-7-6-21-15-29(36)11-10-27(21,4)31(24,39-29)25(34)16-28(23,30)17-33(5)12-13-37-30/h7-8,14,20-21,25,32,34,36H,6,9-13,15-17H2,1-5H3/t20?,21-,25-,27+,28+,29?,30?,31+/m1/s1. The third-order valence-electron chi connectivity index (χ3n) is 11.5. The summed E-state index contributed by atoms with van der Waals surface area (Å²) in [7, 11) is 2.10. The van der Waals surface area contributed by atoms with E-state index in [9.17, 15) is 15.0 Å². The Kier molecular flexibility index (Phi) is 5.37. The van der Waals surface area contributed by atoms with Crippen LogP contribution in [-0.2, 0) is 14.2 Å². The van der Waals surface area contributed by atoms with Gasteiger partial charge in [-0.15, -0.1) is 0 Å². The van der Waals surface area contributed by atoms with Crippen LogP contribution in [0.2, 0.25) is 0 Å². The molecule has 8 heteroatoms. The molecule has 0 radical (unpaired) electrons. The summed E-state index contributed by atoms with van der Waals surface area (Å²) in [4.78, 5) is 18.7. The second-order valence-electron chi connectivity index (χ2n) is 13.6. The van der Waals surface area contributed by atoms with Gasteiger partial charge in [0.2, 0.25) is 0 Å². The molecule has 0 amide bonds. The number of aliphatic hydroxyl groups is 2. The molecule has 1 spiro atoms. The predicted molar refractivity (Wildman–Crippen MR) is 144 cm³/mol. The van der Waals surface area contributed by atoms with Gasteiger partial charge in [-0.05, 0) is 76.6 Å². The van der Waals surface area contributed by atoms with Crippen molar-refractivity contribution in [2.45, 2.75) is 95.4 Å². The van der Waals surface area contributed by atoms with Crippen molar-refractivity contribution in [3.05, 3.63) is 46.3 Å². The quantitative estimate of drug-likeness (QED) is 0.399. The van der Waals surface area contributed by atoms with E-state index in [1.54, 1.807) is 0 Å². The summed E-state index contributed by atoms with van der Waals surface area (Å²) in [6.07, 6.45) is 7.06. The molecule has 4 heterocycles. The highest BCUT2D eigenvalue weighted by Crippen LogP contribution is 2.74. The molecule has 0 aromatic carbocycles. The number of aryl methyl sites for hydroxylation is 2. The molecule has 3 saturated heterocycles. The summed E-state index contributed by atoms with van der Waals surface area (Å²) in [5, 5.41) is 23.8. The highest BCUT2D eigenvalue weighted by molar-refractivity contribution is 5.91. The molecule has 7 aliphatic rings. The molecule has 1 aromatic heterocycles. The summed E-state index contributed by atoms with van der Waals surface area (Å²) < 4.78 is 19.9. The number of fused-ring (bicyclic) bond motifs is 1. The van der Waals surface area contributed by atoms with Crippen molar-refractivity contribution in [3.8, 4) is 0 Å². The number of nitrogens with zero attached hydrogens (tertiary/aromatic N) is 1. The Morgan fingerprint density at radius 2 is 2.05 bits per heavy atom. The van der Waals surface area contributed by atoms with Crippen LogP contribution in [0.15, 0.2) is 29.4 Å². The number of hydrogen-bond acceptors (Lipinski definition) is 7. The van der Waals surface area contributed by atoms with Crippen LogP contribution in [0.4, 0.5) is 0 Å². The zero-order valence-electron chi connectivity index (χ0n) is 23.8. The lowest BCUT2D eigenvalue weighted by Gasteiger charge is -2.73. The Morgan fingerprint density at radius 1 is 1.26 bits per heavy atom. The molecule has 1 aromatic rings. The molecule has 2 saturated carbocycles. The van der Waals surface area contributed by atoms with Crippen LogP contribution in [0.5, 0.6) is 0 Å². The molecule has 8 nitrogen and oxygen atoms in total. The number of carbonyl (C=O) groups is 1. The van der Waals surface area contributed by atoms with Crippen LogP contribution >= 0.6 is 0 Å². The van der Waals surface area contributed by atoms with Crippen LogP contribution in [0.1, 0.15) is 74.1 Å². The van der Waals surface area contributed by atoms with Crippen LogP contribution < -0.4 is 0 Å². The maximum Gasteiger partial charge on any atom is 0.340 e. The van der Waals surface area contributed by atoms with Gasteiger partial charge in [-0.1, -0.05) is 19.1 Å². The monoisotopic (exact) mass is 538 g/mol. The zero-order chi connectivity index (χ0) is 27.6. The van der Waals surface area contributed by atoms with E-state index in [0.717, 1.165) is 41.9 Å². The normalized spacial score (nSPS) is 45.4. The number of H-pyrrole nitrogens is 1. The Bertz CT molecular complexity index is 1300. The van der Waals surface area contributed by atoms with E-state index in [0.29, 0.717) is 44.4 Å². The lowest BCUT2D eigenvalue weighted by atomic mass is 9.41. The van der Waals surface area contributed by atoms with Crippen molar-refractivity contribution in [1.82, 2.24) is 9.88 Å². The number of carbonyl (C=O) groups excluding carboxylic acids is 1. The smallest absolute Gasteiger partial charge is 0.340 e. The van der Waals surface area contributed by atoms with E-state index in [1.165, 1.54) is 0 Å². The zero-order valence-corrected chi connectivity index (χ0v) is 23.8. The van der Waals surface area contributed by atoms with Gasteiger partial charge < -0.3 is 34.3 Å². The number of hydrogen-bond donors (Lipinski definition) is 3. The third-order valence-corrected chi connectivity index (χ3v) is 11.5. The molecule has 8 atom stereocenters. The molecule has 212 valence electrons. The molecule has 8 rings (SSSR count). The Labute approximate surface area is 230 Å². The van der Waals surface area contributed by atoms with Gasteiger partial charge in [0.15, 0.2) is 5.79 Å². The van der Waals surface area contributed by atoms with Crippen molar-refractivity contribution in [2.75, 3.05) is 26.7 Å². The van der Waals surface area contributed by atoms with Gasteiger partial charge in [0.25, 0.3) is 0 Å².